The highest BCUT2D eigenvalue weighted by molar-refractivity contribution is 6.28. The minimum atomic E-state index is -1.14. The smallest absolute Gasteiger partial charge is 0.341 e. The van der Waals surface area contributed by atoms with E-state index in [1.807, 2.05) is 18.2 Å². The number of carboxylic acid groups (broad SMARTS) is 1. The molecule has 2 aromatic heterocycles. The summed E-state index contributed by atoms with van der Waals surface area (Å²) >= 11 is 5.73. The molecule has 24 heavy (non-hydrogen) atoms. The summed E-state index contributed by atoms with van der Waals surface area (Å²) in [6, 6.07) is 11.0. The van der Waals surface area contributed by atoms with E-state index >= 15 is 0 Å². The van der Waals surface area contributed by atoms with Gasteiger partial charge in [-0.2, -0.15) is 4.98 Å². The molecule has 120 valence electrons. The number of hydrogen-bond acceptors (Lipinski definition) is 6. The van der Waals surface area contributed by atoms with E-state index in [0.717, 1.165) is 17.3 Å². The largest absolute Gasteiger partial charge is 0.477 e. The van der Waals surface area contributed by atoms with Gasteiger partial charge in [-0.3, -0.25) is 0 Å². The fraction of sp³-hybridized carbons (Fsp3) is 0. The molecule has 0 fully saturated rings. The molecule has 3 aromatic rings. The number of hydrogen-bond donors (Lipinski definition) is 3. The topological polar surface area (TPSA) is 114 Å². The number of aromatic nitrogens is 3. The average molecular weight is 342 g/mol. The van der Waals surface area contributed by atoms with Crippen molar-refractivity contribution < 1.29 is 9.90 Å². The van der Waals surface area contributed by atoms with E-state index in [4.69, 9.17) is 17.3 Å². The molecule has 0 saturated carbocycles. The maximum Gasteiger partial charge on any atom is 0.341 e. The molecule has 0 amide bonds. The van der Waals surface area contributed by atoms with Gasteiger partial charge in [-0.25, -0.2) is 14.8 Å². The molecule has 0 aliphatic carbocycles. The second-order valence-electron chi connectivity index (χ2n) is 4.88. The molecule has 3 rings (SSSR count). The van der Waals surface area contributed by atoms with Crippen molar-refractivity contribution in [2.45, 2.75) is 0 Å². The van der Waals surface area contributed by atoms with Gasteiger partial charge in [0.15, 0.2) is 0 Å². The zero-order valence-electron chi connectivity index (χ0n) is 12.3. The van der Waals surface area contributed by atoms with Gasteiger partial charge in [-0.1, -0.05) is 12.1 Å². The van der Waals surface area contributed by atoms with Crippen molar-refractivity contribution in [2.75, 3.05) is 11.1 Å². The maximum atomic E-state index is 11.2. The van der Waals surface area contributed by atoms with Gasteiger partial charge in [-0.05, 0) is 47.0 Å². The van der Waals surface area contributed by atoms with Crippen LogP contribution in [-0.4, -0.2) is 26.0 Å². The number of carbonyl (C=O) groups is 1. The summed E-state index contributed by atoms with van der Waals surface area (Å²) in [6.07, 6.45) is 2.80. The van der Waals surface area contributed by atoms with Gasteiger partial charge in [0, 0.05) is 18.1 Å². The first-order chi connectivity index (χ1) is 11.5. The van der Waals surface area contributed by atoms with Gasteiger partial charge in [0.25, 0.3) is 0 Å². The number of nitrogens with zero attached hydrogens (tertiary/aromatic N) is 3. The number of benzene rings is 1. The number of nitrogens with two attached hydrogens (primary N) is 1. The quantitative estimate of drug-likeness (QED) is 0.624. The van der Waals surface area contributed by atoms with E-state index in [9.17, 15) is 9.90 Å². The van der Waals surface area contributed by atoms with E-state index in [2.05, 4.69) is 20.3 Å². The van der Waals surface area contributed by atoms with E-state index in [1.165, 1.54) is 0 Å². The number of anilines is 3. The first-order valence-electron chi connectivity index (χ1n) is 6.88. The van der Waals surface area contributed by atoms with E-state index in [1.54, 1.807) is 24.4 Å². The Labute approximate surface area is 142 Å². The Kier molecular flexibility index (Phi) is 4.26. The number of nitrogens with one attached hydrogen (secondary N) is 1. The van der Waals surface area contributed by atoms with Crippen LogP contribution in [0.5, 0.6) is 0 Å². The zero-order valence-corrected chi connectivity index (χ0v) is 13.0. The van der Waals surface area contributed by atoms with Gasteiger partial charge in [0.2, 0.25) is 5.28 Å². The van der Waals surface area contributed by atoms with Gasteiger partial charge >= 0.3 is 5.97 Å². The van der Waals surface area contributed by atoms with Crippen LogP contribution in [0.2, 0.25) is 5.28 Å². The highest BCUT2D eigenvalue weighted by atomic mass is 35.5. The minimum absolute atomic E-state index is 0.0358. The molecule has 0 aliphatic rings. The van der Waals surface area contributed by atoms with Crippen LogP contribution in [0.4, 0.5) is 17.3 Å². The predicted molar refractivity (Wildman–Crippen MR) is 91.4 cm³/mol. The van der Waals surface area contributed by atoms with Crippen LogP contribution < -0.4 is 11.1 Å². The second kappa shape index (κ2) is 6.51. The van der Waals surface area contributed by atoms with Crippen LogP contribution >= 0.6 is 11.6 Å². The number of halogens is 1. The maximum absolute atomic E-state index is 11.2. The highest BCUT2D eigenvalue weighted by Gasteiger charge is 2.13. The summed E-state index contributed by atoms with van der Waals surface area (Å²) in [5.74, 6) is -0.571. The summed E-state index contributed by atoms with van der Waals surface area (Å²) in [6.45, 7) is 0. The molecular formula is C16H12ClN5O2. The lowest BCUT2D eigenvalue weighted by atomic mass is 10.1. The first-order valence-corrected chi connectivity index (χ1v) is 7.25. The van der Waals surface area contributed by atoms with Crippen molar-refractivity contribution in [3.05, 3.63) is 59.6 Å². The number of nitrogen functional groups attached to an aromatic ring is 1. The van der Waals surface area contributed by atoms with Crippen molar-refractivity contribution >= 4 is 34.9 Å². The zero-order chi connectivity index (χ0) is 17.1. The average Bonchev–Trinajstić information content (AvgIpc) is 2.55. The lowest BCUT2D eigenvalue weighted by Gasteiger charge is -2.09. The summed E-state index contributed by atoms with van der Waals surface area (Å²) in [5, 5.41) is 12.1. The molecule has 7 nitrogen and oxygen atoms in total. The standard InChI is InChI=1S/C16H12ClN5O2/c17-16-20-8-12(15(23)24)14(22-16)21-11-3-1-9(2-4-11)10-5-6-19-13(18)7-10/h1-8H,(H2,18,19)(H,23,24)(H,20,21,22). The fourth-order valence-electron chi connectivity index (χ4n) is 2.12. The molecule has 1 aromatic carbocycles. The molecule has 4 N–H and O–H groups in total. The second-order valence-corrected chi connectivity index (χ2v) is 5.22. The van der Waals surface area contributed by atoms with Gasteiger partial charge in [0.1, 0.15) is 17.2 Å². The predicted octanol–water partition coefficient (Wildman–Crippen LogP) is 3.22. The molecule has 8 heteroatoms. The monoisotopic (exact) mass is 341 g/mol. The Balaban J connectivity index is 1.87. The Morgan fingerprint density at radius 3 is 2.54 bits per heavy atom. The molecule has 0 aliphatic heterocycles. The Morgan fingerprint density at radius 2 is 1.88 bits per heavy atom. The van der Waals surface area contributed by atoms with E-state index in [-0.39, 0.29) is 16.7 Å². The van der Waals surface area contributed by atoms with Crippen LogP contribution in [0, 0.1) is 0 Å². The lowest BCUT2D eigenvalue weighted by Crippen LogP contribution is -2.06. The summed E-state index contributed by atoms with van der Waals surface area (Å²) < 4.78 is 0. The Morgan fingerprint density at radius 1 is 1.12 bits per heavy atom. The molecule has 0 saturated heterocycles. The number of aromatic carboxylic acids is 1. The molecule has 2 heterocycles. The van der Waals surface area contributed by atoms with Gasteiger partial charge < -0.3 is 16.2 Å². The lowest BCUT2D eigenvalue weighted by molar-refractivity contribution is 0.0697. The van der Waals surface area contributed by atoms with Crippen LogP contribution in [0.1, 0.15) is 10.4 Å². The summed E-state index contributed by atoms with van der Waals surface area (Å²) in [4.78, 5) is 22.8. The number of pyridine rings is 1. The molecule has 0 spiro atoms. The van der Waals surface area contributed by atoms with Crippen LogP contribution in [0.15, 0.2) is 48.8 Å². The molecule has 0 unspecified atom stereocenters. The van der Waals surface area contributed by atoms with Gasteiger partial charge in [0.05, 0.1) is 0 Å². The molecular weight excluding hydrogens is 330 g/mol. The fourth-order valence-corrected chi connectivity index (χ4v) is 2.26. The van der Waals surface area contributed by atoms with E-state index < -0.39 is 5.97 Å². The third kappa shape index (κ3) is 3.41. The van der Waals surface area contributed by atoms with Gasteiger partial charge in [-0.15, -0.1) is 0 Å². The third-order valence-electron chi connectivity index (χ3n) is 3.25. The third-order valence-corrected chi connectivity index (χ3v) is 3.43. The van der Waals surface area contributed by atoms with Crippen molar-refractivity contribution in [1.29, 1.82) is 0 Å². The number of rotatable bonds is 4. The molecule has 0 bridgehead atoms. The Hall–Kier alpha value is -3.19. The van der Waals surface area contributed by atoms with Crippen molar-refractivity contribution in [1.82, 2.24) is 15.0 Å². The minimum Gasteiger partial charge on any atom is -0.477 e. The SMILES string of the molecule is Nc1cc(-c2ccc(Nc3nc(Cl)ncc3C(=O)O)cc2)ccn1. The normalized spacial score (nSPS) is 10.4. The molecule has 0 radical (unpaired) electrons. The first kappa shape index (κ1) is 15.7. The van der Waals surface area contributed by atoms with Crippen LogP contribution in [-0.2, 0) is 0 Å². The Bertz CT molecular complexity index is 899. The van der Waals surface area contributed by atoms with Crippen molar-refractivity contribution in [2.24, 2.45) is 0 Å². The summed E-state index contributed by atoms with van der Waals surface area (Å²) in [7, 11) is 0. The van der Waals surface area contributed by atoms with Crippen LogP contribution in [0.3, 0.4) is 0 Å². The highest BCUT2D eigenvalue weighted by Crippen LogP contribution is 2.25. The van der Waals surface area contributed by atoms with Crippen molar-refractivity contribution in [3.8, 4) is 11.1 Å². The van der Waals surface area contributed by atoms with Crippen LogP contribution in [0.25, 0.3) is 11.1 Å². The van der Waals surface area contributed by atoms with E-state index in [0.29, 0.717) is 11.5 Å². The van der Waals surface area contributed by atoms with Crippen molar-refractivity contribution in [3.63, 3.8) is 0 Å². The molecule has 0 atom stereocenters. The number of carboxylic acids is 1. The summed E-state index contributed by atoms with van der Waals surface area (Å²) in [5.41, 5.74) is 8.17.